The molecule has 0 aromatic rings. The lowest BCUT2D eigenvalue weighted by molar-refractivity contribution is -0.154. The van der Waals surface area contributed by atoms with Crippen molar-refractivity contribution < 1.29 is 19.4 Å². The third-order valence-corrected chi connectivity index (χ3v) is 8.24. The van der Waals surface area contributed by atoms with Gasteiger partial charge in [0.1, 0.15) is 0 Å². The maximum absolute atomic E-state index is 11.8. The number of hydrogen-bond donors (Lipinski definition) is 1. The van der Waals surface area contributed by atoms with Gasteiger partial charge >= 0.3 is 5.97 Å². The van der Waals surface area contributed by atoms with Gasteiger partial charge in [-0.3, -0.25) is 0 Å². The van der Waals surface area contributed by atoms with Gasteiger partial charge in [-0.1, -0.05) is 13.3 Å². The van der Waals surface area contributed by atoms with Gasteiger partial charge in [0.25, 0.3) is 0 Å². The summed E-state index contributed by atoms with van der Waals surface area (Å²) < 4.78 is 11.5. The highest BCUT2D eigenvalue weighted by molar-refractivity contribution is 5.86. The standard InChI is InChI=1S/C24H38O4/c1-2-24(7-9-28-24)6-4-3-5-8-27-17-21(22(25)26)16-23-13-18-10-19(14-23)12-20(11-18)15-23/h17-20H,2-16H2,1H3,(H,25,26). The number of hydrogen-bond acceptors (Lipinski definition) is 3. The van der Waals surface area contributed by atoms with Crippen molar-refractivity contribution in [2.24, 2.45) is 23.2 Å². The van der Waals surface area contributed by atoms with E-state index >= 15 is 0 Å². The van der Waals surface area contributed by atoms with Gasteiger partial charge in [-0.2, -0.15) is 0 Å². The van der Waals surface area contributed by atoms with Crippen molar-refractivity contribution in [2.45, 2.75) is 96.0 Å². The molecule has 4 nitrogen and oxygen atoms in total. The lowest BCUT2D eigenvalue weighted by atomic mass is 9.48. The molecule has 4 heteroatoms. The Morgan fingerprint density at radius 2 is 1.75 bits per heavy atom. The number of carbonyl (C=O) groups is 1. The zero-order chi connectivity index (χ0) is 19.6. The molecular weight excluding hydrogens is 352 g/mol. The summed E-state index contributed by atoms with van der Waals surface area (Å²) in [5, 5.41) is 9.70. The molecule has 1 unspecified atom stereocenters. The first-order chi connectivity index (χ1) is 13.5. The highest BCUT2D eigenvalue weighted by Gasteiger charge is 2.51. The third-order valence-electron chi connectivity index (χ3n) is 8.24. The van der Waals surface area contributed by atoms with Gasteiger partial charge in [-0.25, -0.2) is 4.79 Å². The quantitative estimate of drug-likeness (QED) is 0.279. The van der Waals surface area contributed by atoms with E-state index in [4.69, 9.17) is 9.47 Å². The Morgan fingerprint density at radius 3 is 2.25 bits per heavy atom. The van der Waals surface area contributed by atoms with Crippen LogP contribution < -0.4 is 0 Å². The molecule has 4 saturated carbocycles. The van der Waals surface area contributed by atoms with Crippen molar-refractivity contribution in [3.05, 3.63) is 11.8 Å². The molecule has 0 amide bonds. The summed E-state index contributed by atoms with van der Waals surface area (Å²) in [7, 11) is 0. The second kappa shape index (κ2) is 8.38. The van der Waals surface area contributed by atoms with Crippen molar-refractivity contribution in [1.82, 2.24) is 0 Å². The molecule has 1 atom stereocenters. The SMILES string of the molecule is CCC1(CCCCCOC=C(CC23CC4CC(CC(C4)C2)C3)C(=O)O)CCO1. The molecular formula is C24H38O4. The number of ether oxygens (including phenoxy) is 2. The Hall–Kier alpha value is -1.03. The highest BCUT2D eigenvalue weighted by atomic mass is 16.5. The summed E-state index contributed by atoms with van der Waals surface area (Å²) >= 11 is 0. The lowest BCUT2D eigenvalue weighted by Crippen LogP contribution is -2.46. The molecule has 1 N–H and O–H groups in total. The molecule has 4 aliphatic carbocycles. The molecule has 4 bridgehead atoms. The first-order valence-electron chi connectivity index (χ1n) is 11.7. The number of carboxylic acid groups (broad SMARTS) is 1. The monoisotopic (exact) mass is 390 g/mol. The molecule has 5 fully saturated rings. The Balaban J connectivity index is 1.20. The minimum atomic E-state index is -0.789. The molecule has 1 heterocycles. The van der Waals surface area contributed by atoms with Gasteiger partial charge in [-0.05, 0) is 100 Å². The Labute approximate surface area is 170 Å². The van der Waals surface area contributed by atoms with E-state index in [1.165, 1.54) is 51.4 Å². The highest BCUT2D eigenvalue weighted by Crippen LogP contribution is 2.62. The minimum absolute atomic E-state index is 0.162. The summed E-state index contributed by atoms with van der Waals surface area (Å²) in [5.74, 6) is 1.78. The van der Waals surface area contributed by atoms with Crippen LogP contribution >= 0.6 is 0 Å². The largest absolute Gasteiger partial charge is 0.501 e. The maximum atomic E-state index is 11.8. The summed E-state index contributed by atoms with van der Waals surface area (Å²) in [6, 6.07) is 0. The zero-order valence-corrected chi connectivity index (χ0v) is 17.6. The summed E-state index contributed by atoms with van der Waals surface area (Å²) in [5.41, 5.74) is 0.907. The van der Waals surface area contributed by atoms with E-state index in [1.807, 2.05) is 0 Å². The molecule has 5 aliphatic rings. The summed E-state index contributed by atoms with van der Waals surface area (Å²) in [6.45, 7) is 3.76. The second-order valence-corrected chi connectivity index (χ2v) is 10.4. The van der Waals surface area contributed by atoms with Gasteiger partial charge in [0.05, 0.1) is 30.6 Å². The van der Waals surface area contributed by atoms with Crippen LogP contribution in [0.2, 0.25) is 0 Å². The molecule has 28 heavy (non-hydrogen) atoms. The predicted molar refractivity (Wildman–Crippen MR) is 109 cm³/mol. The average Bonchev–Trinajstić information content (AvgIpc) is 2.60. The molecule has 5 rings (SSSR count). The number of unbranched alkanes of at least 4 members (excludes halogenated alkanes) is 2. The normalized spacial score (nSPS) is 39.0. The van der Waals surface area contributed by atoms with Crippen LogP contribution in [0.25, 0.3) is 0 Å². The second-order valence-electron chi connectivity index (χ2n) is 10.4. The van der Waals surface area contributed by atoms with E-state index < -0.39 is 5.97 Å². The topological polar surface area (TPSA) is 55.8 Å². The Kier molecular flexibility index (Phi) is 6.06. The fraction of sp³-hybridized carbons (Fsp3) is 0.875. The molecule has 158 valence electrons. The van der Waals surface area contributed by atoms with Crippen LogP contribution in [0.4, 0.5) is 0 Å². The average molecular weight is 391 g/mol. The maximum Gasteiger partial charge on any atom is 0.334 e. The molecule has 0 aromatic carbocycles. The smallest absolute Gasteiger partial charge is 0.334 e. The van der Waals surface area contributed by atoms with E-state index in [-0.39, 0.29) is 11.0 Å². The van der Waals surface area contributed by atoms with Crippen LogP contribution in [0.5, 0.6) is 0 Å². The molecule has 0 radical (unpaired) electrons. The number of aliphatic carboxylic acids is 1. The zero-order valence-electron chi connectivity index (χ0n) is 17.6. The van der Waals surface area contributed by atoms with Crippen LogP contribution in [0.1, 0.15) is 90.4 Å². The summed E-state index contributed by atoms with van der Waals surface area (Å²) in [4.78, 5) is 11.8. The minimum Gasteiger partial charge on any atom is -0.501 e. The number of rotatable bonds is 11. The first kappa shape index (κ1) is 20.3. The van der Waals surface area contributed by atoms with E-state index in [0.717, 1.165) is 50.0 Å². The summed E-state index contributed by atoms with van der Waals surface area (Å²) in [6.07, 6.45) is 16.9. The van der Waals surface area contributed by atoms with E-state index in [2.05, 4.69) is 6.92 Å². The van der Waals surface area contributed by atoms with Crippen LogP contribution in [0.15, 0.2) is 11.8 Å². The van der Waals surface area contributed by atoms with Crippen LogP contribution in [0.3, 0.4) is 0 Å². The van der Waals surface area contributed by atoms with Gasteiger partial charge in [0.2, 0.25) is 0 Å². The van der Waals surface area contributed by atoms with Crippen LogP contribution in [-0.2, 0) is 14.3 Å². The predicted octanol–water partition coefficient (Wildman–Crippen LogP) is 5.71. The molecule has 0 spiro atoms. The van der Waals surface area contributed by atoms with Crippen molar-refractivity contribution in [1.29, 1.82) is 0 Å². The Morgan fingerprint density at radius 1 is 1.11 bits per heavy atom. The fourth-order valence-electron chi connectivity index (χ4n) is 7.09. The van der Waals surface area contributed by atoms with E-state index in [0.29, 0.717) is 18.6 Å². The van der Waals surface area contributed by atoms with Crippen molar-refractivity contribution in [3.8, 4) is 0 Å². The van der Waals surface area contributed by atoms with Gasteiger partial charge in [-0.15, -0.1) is 0 Å². The van der Waals surface area contributed by atoms with Crippen LogP contribution in [-0.4, -0.2) is 29.9 Å². The van der Waals surface area contributed by atoms with Gasteiger partial charge in [0, 0.05) is 0 Å². The Bertz CT molecular complexity index is 549. The number of carboxylic acids is 1. The third kappa shape index (κ3) is 4.42. The molecule has 0 aromatic heterocycles. The lowest BCUT2D eigenvalue weighted by Gasteiger charge is -2.57. The van der Waals surface area contributed by atoms with E-state index in [9.17, 15) is 9.90 Å². The van der Waals surface area contributed by atoms with Gasteiger partial charge < -0.3 is 14.6 Å². The molecule has 1 saturated heterocycles. The molecule has 1 aliphatic heterocycles. The fourth-order valence-corrected chi connectivity index (χ4v) is 7.09. The first-order valence-corrected chi connectivity index (χ1v) is 11.7. The van der Waals surface area contributed by atoms with Crippen molar-refractivity contribution >= 4 is 5.97 Å². The van der Waals surface area contributed by atoms with Crippen molar-refractivity contribution in [3.63, 3.8) is 0 Å². The van der Waals surface area contributed by atoms with Gasteiger partial charge in [0.15, 0.2) is 0 Å². The van der Waals surface area contributed by atoms with E-state index in [1.54, 1.807) is 6.26 Å². The van der Waals surface area contributed by atoms with Crippen molar-refractivity contribution in [2.75, 3.05) is 13.2 Å². The van der Waals surface area contributed by atoms with Crippen LogP contribution in [0, 0.1) is 23.2 Å².